The van der Waals surface area contributed by atoms with Crippen LogP contribution in [0, 0.1) is 22.7 Å². The van der Waals surface area contributed by atoms with Crippen molar-refractivity contribution in [2.24, 2.45) is 5.41 Å². The molecule has 0 atom stereocenters. The van der Waals surface area contributed by atoms with Gasteiger partial charge < -0.3 is 0 Å². The van der Waals surface area contributed by atoms with E-state index in [1.165, 1.54) is 0 Å². The Morgan fingerprint density at radius 1 is 1.43 bits per heavy atom. The minimum absolute atomic E-state index is 0.176. The molecule has 0 unspecified atom stereocenters. The van der Waals surface area contributed by atoms with E-state index in [2.05, 4.69) is 6.07 Å². The van der Waals surface area contributed by atoms with Crippen LogP contribution in [0.15, 0.2) is 0 Å². The summed E-state index contributed by atoms with van der Waals surface area (Å²) in [6, 6.07) is 2.32. The standard InChI is InChI=1S/C6H6N/c7-4-6-1-5(2-6)3-6/h1-3H2. The summed E-state index contributed by atoms with van der Waals surface area (Å²) in [7, 11) is 0. The highest BCUT2D eigenvalue weighted by atomic mass is 14.6. The van der Waals surface area contributed by atoms with Crippen molar-refractivity contribution in [3.05, 3.63) is 5.92 Å². The van der Waals surface area contributed by atoms with Crippen molar-refractivity contribution in [1.82, 2.24) is 0 Å². The summed E-state index contributed by atoms with van der Waals surface area (Å²) >= 11 is 0. The SMILES string of the molecule is N#CC12C[C](C1)C2. The third kappa shape index (κ3) is 0.219. The van der Waals surface area contributed by atoms with Crippen LogP contribution in [0.2, 0.25) is 0 Å². The second-order valence-electron chi connectivity index (χ2n) is 2.67. The van der Waals surface area contributed by atoms with Crippen LogP contribution >= 0.6 is 0 Å². The first kappa shape index (κ1) is 3.49. The van der Waals surface area contributed by atoms with Crippen molar-refractivity contribution in [3.8, 4) is 6.07 Å². The van der Waals surface area contributed by atoms with Gasteiger partial charge in [0.2, 0.25) is 0 Å². The summed E-state index contributed by atoms with van der Waals surface area (Å²) in [6.45, 7) is 0. The van der Waals surface area contributed by atoms with E-state index in [0.717, 1.165) is 19.3 Å². The number of rotatable bonds is 0. The quantitative estimate of drug-likeness (QED) is 0.441. The first-order valence-electron chi connectivity index (χ1n) is 2.59. The summed E-state index contributed by atoms with van der Waals surface area (Å²) in [5.41, 5.74) is 0.176. The summed E-state index contributed by atoms with van der Waals surface area (Å²) in [6.07, 6.45) is 3.39. The maximum Gasteiger partial charge on any atom is 0.0690 e. The summed E-state index contributed by atoms with van der Waals surface area (Å²) in [4.78, 5) is 0. The lowest BCUT2D eigenvalue weighted by molar-refractivity contribution is 0.0958. The molecule has 0 heterocycles. The third-order valence-corrected chi connectivity index (χ3v) is 2.00. The van der Waals surface area contributed by atoms with Crippen LogP contribution in [0.25, 0.3) is 0 Å². The van der Waals surface area contributed by atoms with Gasteiger partial charge in [-0.1, -0.05) is 0 Å². The maximum absolute atomic E-state index is 8.42. The van der Waals surface area contributed by atoms with Gasteiger partial charge in [-0.3, -0.25) is 0 Å². The summed E-state index contributed by atoms with van der Waals surface area (Å²) < 4.78 is 0. The van der Waals surface area contributed by atoms with Crippen molar-refractivity contribution in [3.63, 3.8) is 0 Å². The van der Waals surface area contributed by atoms with Gasteiger partial charge in [0.25, 0.3) is 0 Å². The van der Waals surface area contributed by atoms with Crippen LogP contribution in [-0.2, 0) is 0 Å². The molecule has 2 bridgehead atoms. The predicted octanol–water partition coefficient (Wildman–Crippen LogP) is 1.27. The Hall–Kier alpha value is -0.510. The molecule has 0 aromatic heterocycles. The molecular weight excluding hydrogens is 86.1 g/mol. The molecule has 3 saturated carbocycles. The zero-order valence-corrected chi connectivity index (χ0v) is 4.07. The van der Waals surface area contributed by atoms with E-state index in [4.69, 9.17) is 5.26 Å². The Bertz CT molecular complexity index is 126. The highest BCUT2D eigenvalue weighted by Crippen LogP contribution is 2.65. The molecule has 0 aliphatic heterocycles. The Labute approximate surface area is 42.9 Å². The van der Waals surface area contributed by atoms with Crippen LogP contribution in [0.1, 0.15) is 19.3 Å². The molecule has 1 nitrogen and oxygen atoms in total. The van der Waals surface area contributed by atoms with E-state index in [1.54, 1.807) is 5.92 Å². The van der Waals surface area contributed by atoms with Gasteiger partial charge in [0, 0.05) is 0 Å². The molecule has 7 heavy (non-hydrogen) atoms. The fourth-order valence-electron chi connectivity index (χ4n) is 1.40. The van der Waals surface area contributed by atoms with Crippen LogP contribution in [0.4, 0.5) is 0 Å². The monoisotopic (exact) mass is 92.1 g/mol. The highest BCUT2D eigenvalue weighted by Gasteiger charge is 2.57. The number of hydrogen-bond donors (Lipinski definition) is 0. The van der Waals surface area contributed by atoms with Gasteiger partial charge in [0.15, 0.2) is 0 Å². The van der Waals surface area contributed by atoms with Gasteiger partial charge in [-0.05, 0) is 25.2 Å². The largest absolute Gasteiger partial charge is 0.198 e. The molecule has 0 saturated heterocycles. The van der Waals surface area contributed by atoms with E-state index >= 15 is 0 Å². The smallest absolute Gasteiger partial charge is 0.0690 e. The second kappa shape index (κ2) is 0.709. The van der Waals surface area contributed by atoms with Gasteiger partial charge in [0.1, 0.15) is 0 Å². The van der Waals surface area contributed by atoms with Gasteiger partial charge in [-0.2, -0.15) is 5.26 Å². The molecule has 0 amide bonds. The van der Waals surface area contributed by atoms with Crippen LogP contribution in [0.3, 0.4) is 0 Å². The van der Waals surface area contributed by atoms with Crippen LogP contribution < -0.4 is 0 Å². The van der Waals surface area contributed by atoms with Gasteiger partial charge >= 0.3 is 0 Å². The third-order valence-electron chi connectivity index (χ3n) is 2.00. The minimum Gasteiger partial charge on any atom is -0.198 e. The lowest BCUT2D eigenvalue weighted by Gasteiger charge is -2.56. The van der Waals surface area contributed by atoms with E-state index < -0.39 is 0 Å². The molecule has 1 heteroatoms. The lowest BCUT2D eigenvalue weighted by Crippen LogP contribution is -2.48. The molecule has 0 spiro atoms. The van der Waals surface area contributed by atoms with E-state index in [-0.39, 0.29) is 5.41 Å². The van der Waals surface area contributed by atoms with Crippen molar-refractivity contribution < 1.29 is 0 Å². The Kier molecular flexibility index (Phi) is 0.353. The second-order valence-corrected chi connectivity index (χ2v) is 2.67. The number of nitrogens with zero attached hydrogens (tertiary/aromatic N) is 1. The molecule has 0 N–H and O–H groups in total. The molecule has 3 rings (SSSR count). The van der Waals surface area contributed by atoms with E-state index in [0.29, 0.717) is 0 Å². The zero-order chi connectivity index (χ0) is 4.91. The maximum atomic E-state index is 8.42. The van der Waals surface area contributed by atoms with E-state index in [9.17, 15) is 0 Å². The molecule has 35 valence electrons. The topological polar surface area (TPSA) is 23.8 Å². The lowest BCUT2D eigenvalue weighted by atomic mass is 9.45. The predicted molar refractivity (Wildman–Crippen MR) is 25.1 cm³/mol. The molecule has 1 radical (unpaired) electrons. The average Bonchev–Trinajstić information content (AvgIpc) is 1.25. The van der Waals surface area contributed by atoms with E-state index in [1.807, 2.05) is 0 Å². The summed E-state index contributed by atoms with van der Waals surface area (Å²) in [5, 5.41) is 8.42. The first-order valence-corrected chi connectivity index (χ1v) is 2.59. The number of nitriles is 1. The molecule has 0 aromatic rings. The van der Waals surface area contributed by atoms with Crippen molar-refractivity contribution >= 4 is 0 Å². The zero-order valence-electron chi connectivity index (χ0n) is 4.07. The van der Waals surface area contributed by atoms with Crippen molar-refractivity contribution in [1.29, 1.82) is 5.26 Å². The molecule has 3 aliphatic rings. The number of hydrogen-bond acceptors (Lipinski definition) is 1. The minimum atomic E-state index is 0.176. The van der Waals surface area contributed by atoms with Crippen molar-refractivity contribution in [2.45, 2.75) is 19.3 Å². The van der Waals surface area contributed by atoms with Crippen LogP contribution in [-0.4, -0.2) is 0 Å². The van der Waals surface area contributed by atoms with Gasteiger partial charge in [-0.15, -0.1) is 0 Å². The van der Waals surface area contributed by atoms with Gasteiger partial charge in [0.05, 0.1) is 11.5 Å². The molecular formula is C6H6N. The Morgan fingerprint density at radius 3 is 2.00 bits per heavy atom. The Balaban J connectivity index is 2.20. The molecule has 0 aromatic carbocycles. The molecule has 3 fully saturated rings. The van der Waals surface area contributed by atoms with Crippen LogP contribution in [0.5, 0.6) is 0 Å². The summed E-state index contributed by atoms with van der Waals surface area (Å²) in [5.74, 6) is 1.61. The fourth-order valence-corrected chi connectivity index (χ4v) is 1.40. The fraction of sp³-hybridized carbons (Fsp3) is 0.667. The molecule has 3 aliphatic carbocycles. The normalized spacial score (nSPS) is 32.4. The average molecular weight is 92.1 g/mol. The Morgan fingerprint density at radius 2 is 2.00 bits per heavy atom. The van der Waals surface area contributed by atoms with Gasteiger partial charge in [-0.25, -0.2) is 0 Å². The highest BCUT2D eigenvalue weighted by molar-refractivity contribution is 5.33. The first-order chi connectivity index (χ1) is 3.35. The van der Waals surface area contributed by atoms with Crippen molar-refractivity contribution in [2.75, 3.05) is 0 Å².